The molecule has 1 atom stereocenters. The van der Waals surface area contributed by atoms with Gasteiger partial charge in [-0.1, -0.05) is 6.07 Å². The van der Waals surface area contributed by atoms with Crippen molar-refractivity contribution in [3.8, 4) is 0 Å². The molecule has 1 N–H and O–H groups in total. The van der Waals surface area contributed by atoms with Gasteiger partial charge in [0.2, 0.25) is 0 Å². The van der Waals surface area contributed by atoms with Gasteiger partial charge in [0, 0.05) is 19.3 Å². The molecule has 2 rings (SSSR count). The lowest BCUT2D eigenvalue weighted by molar-refractivity contribution is 0.381. The van der Waals surface area contributed by atoms with E-state index in [-0.39, 0.29) is 0 Å². The van der Waals surface area contributed by atoms with Gasteiger partial charge in [-0.15, -0.1) is 0 Å². The van der Waals surface area contributed by atoms with Crippen LogP contribution in [0, 0.1) is 19.8 Å². The summed E-state index contributed by atoms with van der Waals surface area (Å²) in [5.41, 5.74) is 4.11. The molecule has 2 heteroatoms. The van der Waals surface area contributed by atoms with Crippen LogP contribution in [0.25, 0.3) is 0 Å². The number of benzene rings is 1. The van der Waals surface area contributed by atoms with Crippen LogP contribution in [0.4, 0.5) is 5.69 Å². The monoisotopic (exact) mass is 232 g/mol. The van der Waals surface area contributed by atoms with Gasteiger partial charge in [0.05, 0.1) is 0 Å². The molecule has 1 aromatic carbocycles. The van der Waals surface area contributed by atoms with E-state index in [1.54, 1.807) is 0 Å². The summed E-state index contributed by atoms with van der Waals surface area (Å²) in [6, 6.07) is 6.75. The summed E-state index contributed by atoms with van der Waals surface area (Å²) >= 11 is 0. The average Bonchev–Trinajstić information content (AvgIpc) is 2.34. The molecule has 1 fully saturated rings. The number of nitrogens with one attached hydrogen (secondary N) is 1. The standard InChI is InChI=1S/C15H24N2/c1-12-6-7-15(9-13(12)2)17(3)11-14-5-4-8-16-10-14/h6-7,9,14,16H,4-5,8,10-11H2,1-3H3. The molecule has 1 heterocycles. The summed E-state index contributed by atoms with van der Waals surface area (Å²) in [6.45, 7) is 7.90. The van der Waals surface area contributed by atoms with Gasteiger partial charge in [0.1, 0.15) is 0 Å². The van der Waals surface area contributed by atoms with Crippen molar-refractivity contribution in [2.45, 2.75) is 26.7 Å². The molecule has 0 saturated carbocycles. The Morgan fingerprint density at radius 3 is 2.76 bits per heavy atom. The van der Waals surface area contributed by atoms with Crippen molar-refractivity contribution in [3.05, 3.63) is 29.3 Å². The fraction of sp³-hybridized carbons (Fsp3) is 0.600. The first-order chi connectivity index (χ1) is 8.16. The minimum atomic E-state index is 0.801. The van der Waals surface area contributed by atoms with Crippen LogP contribution in [0.15, 0.2) is 18.2 Å². The molecule has 1 aliphatic heterocycles. The van der Waals surface area contributed by atoms with E-state index in [1.165, 1.54) is 42.7 Å². The number of rotatable bonds is 3. The summed E-state index contributed by atoms with van der Waals surface area (Å²) in [6.07, 6.45) is 2.69. The van der Waals surface area contributed by atoms with Gasteiger partial charge in [-0.2, -0.15) is 0 Å². The Kier molecular flexibility index (Phi) is 4.06. The highest BCUT2D eigenvalue weighted by atomic mass is 15.1. The number of hydrogen-bond acceptors (Lipinski definition) is 2. The third-order valence-electron chi connectivity index (χ3n) is 3.86. The molecular formula is C15H24N2. The van der Waals surface area contributed by atoms with Crippen LogP contribution in [-0.2, 0) is 0 Å². The zero-order valence-corrected chi connectivity index (χ0v) is 11.3. The average molecular weight is 232 g/mol. The number of anilines is 1. The quantitative estimate of drug-likeness (QED) is 0.862. The zero-order chi connectivity index (χ0) is 12.3. The SMILES string of the molecule is Cc1ccc(N(C)CC2CCCNC2)cc1C. The molecule has 2 nitrogen and oxygen atoms in total. The van der Waals surface area contributed by atoms with Crippen LogP contribution in [0.2, 0.25) is 0 Å². The fourth-order valence-electron chi connectivity index (χ4n) is 2.54. The maximum atomic E-state index is 3.49. The molecule has 0 radical (unpaired) electrons. The summed E-state index contributed by atoms with van der Waals surface area (Å²) in [4.78, 5) is 2.39. The maximum Gasteiger partial charge on any atom is 0.0366 e. The van der Waals surface area contributed by atoms with Gasteiger partial charge < -0.3 is 10.2 Å². The summed E-state index contributed by atoms with van der Waals surface area (Å²) in [5.74, 6) is 0.801. The van der Waals surface area contributed by atoms with E-state index >= 15 is 0 Å². The van der Waals surface area contributed by atoms with Crippen molar-refractivity contribution in [2.24, 2.45) is 5.92 Å². The van der Waals surface area contributed by atoms with Crippen LogP contribution >= 0.6 is 0 Å². The first kappa shape index (κ1) is 12.4. The van der Waals surface area contributed by atoms with Crippen LogP contribution in [0.5, 0.6) is 0 Å². The number of piperidine rings is 1. The molecule has 1 aliphatic rings. The van der Waals surface area contributed by atoms with Crippen molar-refractivity contribution in [1.82, 2.24) is 5.32 Å². The second kappa shape index (κ2) is 5.54. The minimum Gasteiger partial charge on any atom is -0.374 e. The van der Waals surface area contributed by atoms with Gasteiger partial charge in [-0.05, 0) is 69.0 Å². The van der Waals surface area contributed by atoms with Crippen LogP contribution < -0.4 is 10.2 Å². The Morgan fingerprint density at radius 2 is 2.12 bits per heavy atom. The molecule has 0 aliphatic carbocycles. The van der Waals surface area contributed by atoms with E-state index in [1.807, 2.05) is 0 Å². The second-order valence-electron chi connectivity index (χ2n) is 5.36. The Hall–Kier alpha value is -1.02. The number of nitrogens with zero attached hydrogens (tertiary/aromatic N) is 1. The molecule has 0 aromatic heterocycles. The largest absolute Gasteiger partial charge is 0.374 e. The van der Waals surface area contributed by atoms with Gasteiger partial charge >= 0.3 is 0 Å². The van der Waals surface area contributed by atoms with Crippen molar-refractivity contribution < 1.29 is 0 Å². The van der Waals surface area contributed by atoms with Crippen molar-refractivity contribution in [3.63, 3.8) is 0 Å². The smallest absolute Gasteiger partial charge is 0.0366 e. The van der Waals surface area contributed by atoms with Crippen molar-refractivity contribution >= 4 is 5.69 Å². The molecule has 1 aromatic rings. The Bertz CT molecular complexity index is 367. The summed E-state index contributed by atoms with van der Waals surface area (Å²) < 4.78 is 0. The third kappa shape index (κ3) is 3.22. The molecule has 0 amide bonds. The summed E-state index contributed by atoms with van der Waals surface area (Å²) in [5, 5.41) is 3.49. The number of aryl methyl sites for hydroxylation is 2. The van der Waals surface area contributed by atoms with E-state index < -0.39 is 0 Å². The normalized spacial score (nSPS) is 20.3. The van der Waals surface area contributed by atoms with E-state index in [0.29, 0.717) is 0 Å². The first-order valence-corrected chi connectivity index (χ1v) is 6.66. The van der Waals surface area contributed by atoms with E-state index in [4.69, 9.17) is 0 Å². The summed E-state index contributed by atoms with van der Waals surface area (Å²) in [7, 11) is 2.21. The molecule has 0 bridgehead atoms. The highest BCUT2D eigenvalue weighted by Gasteiger charge is 2.15. The maximum absolute atomic E-state index is 3.49. The zero-order valence-electron chi connectivity index (χ0n) is 11.3. The highest BCUT2D eigenvalue weighted by Crippen LogP contribution is 2.20. The van der Waals surface area contributed by atoms with Crippen LogP contribution in [-0.4, -0.2) is 26.7 Å². The van der Waals surface area contributed by atoms with Crippen LogP contribution in [0.1, 0.15) is 24.0 Å². The third-order valence-corrected chi connectivity index (χ3v) is 3.86. The number of hydrogen-bond donors (Lipinski definition) is 1. The van der Waals surface area contributed by atoms with Gasteiger partial charge in [-0.3, -0.25) is 0 Å². The predicted octanol–water partition coefficient (Wildman–Crippen LogP) is 2.74. The lowest BCUT2D eigenvalue weighted by Gasteiger charge is -2.29. The lowest BCUT2D eigenvalue weighted by atomic mass is 9.99. The minimum absolute atomic E-state index is 0.801. The van der Waals surface area contributed by atoms with Crippen molar-refractivity contribution in [2.75, 3.05) is 31.6 Å². The molecule has 0 spiro atoms. The first-order valence-electron chi connectivity index (χ1n) is 6.66. The lowest BCUT2D eigenvalue weighted by Crippen LogP contribution is -2.36. The van der Waals surface area contributed by atoms with E-state index in [0.717, 1.165) is 12.5 Å². The highest BCUT2D eigenvalue weighted by molar-refractivity contribution is 5.50. The second-order valence-corrected chi connectivity index (χ2v) is 5.36. The predicted molar refractivity (Wildman–Crippen MR) is 74.8 cm³/mol. The van der Waals surface area contributed by atoms with Crippen molar-refractivity contribution in [1.29, 1.82) is 0 Å². The molecule has 94 valence electrons. The Morgan fingerprint density at radius 1 is 1.29 bits per heavy atom. The Labute approximate surface area is 105 Å². The fourth-order valence-corrected chi connectivity index (χ4v) is 2.54. The van der Waals surface area contributed by atoms with E-state index in [2.05, 4.69) is 49.3 Å². The van der Waals surface area contributed by atoms with E-state index in [9.17, 15) is 0 Å². The Balaban J connectivity index is 1.98. The van der Waals surface area contributed by atoms with Gasteiger partial charge in [-0.25, -0.2) is 0 Å². The molecular weight excluding hydrogens is 208 g/mol. The topological polar surface area (TPSA) is 15.3 Å². The molecule has 1 saturated heterocycles. The van der Waals surface area contributed by atoms with Gasteiger partial charge in [0.15, 0.2) is 0 Å². The van der Waals surface area contributed by atoms with Gasteiger partial charge in [0.25, 0.3) is 0 Å². The van der Waals surface area contributed by atoms with Crippen LogP contribution in [0.3, 0.4) is 0 Å². The molecule has 1 unspecified atom stereocenters. The molecule has 17 heavy (non-hydrogen) atoms.